The minimum absolute atomic E-state index is 0.168. The molecule has 0 fully saturated rings. The van der Waals surface area contributed by atoms with Gasteiger partial charge < -0.3 is 10.6 Å². The monoisotopic (exact) mass is 442 g/mol. The van der Waals surface area contributed by atoms with Crippen LogP contribution >= 0.6 is 0 Å². The largest absolute Gasteiger partial charge is 0.416 e. The Hall–Kier alpha value is -3.68. The number of nitrogens with one attached hydrogen (secondary N) is 2. The maximum Gasteiger partial charge on any atom is 0.416 e. The molecule has 3 aromatic rings. The van der Waals surface area contributed by atoms with Gasteiger partial charge in [0.05, 0.1) is 11.3 Å². The highest BCUT2D eigenvalue weighted by Gasteiger charge is 2.31. The van der Waals surface area contributed by atoms with Crippen LogP contribution in [0, 0.1) is 12.7 Å². The van der Waals surface area contributed by atoms with Crippen LogP contribution in [0.3, 0.4) is 0 Å². The van der Waals surface area contributed by atoms with Crippen LogP contribution < -0.4 is 10.6 Å². The Balaban J connectivity index is 1.65. The molecule has 1 aliphatic rings. The smallest absolute Gasteiger partial charge is 0.355 e. The van der Waals surface area contributed by atoms with Crippen LogP contribution in [-0.4, -0.2) is 11.7 Å². The number of hydrogen-bond donors (Lipinski definition) is 2. The highest BCUT2D eigenvalue weighted by Crippen LogP contribution is 2.38. The number of alkyl halides is 3. The number of Topliss-reactive ketones (excluding diaryl/α,β-unsaturated/α-hetero) is 1. The first-order valence-electron chi connectivity index (χ1n) is 9.84. The van der Waals surface area contributed by atoms with E-state index in [0.717, 1.165) is 24.3 Å². The molecule has 0 unspecified atom stereocenters. The SMILES string of the molecule is Cc1cc(Nc2ccc(NC(=O)c3ccc(F)cc3)c3c2CCC3=O)cc(C(F)(F)F)c1. The minimum Gasteiger partial charge on any atom is -0.355 e. The second-order valence-corrected chi connectivity index (χ2v) is 7.61. The van der Waals surface area contributed by atoms with Gasteiger partial charge in [-0.1, -0.05) is 0 Å². The highest BCUT2D eigenvalue weighted by atomic mass is 19.4. The molecule has 4 nitrogen and oxygen atoms in total. The summed E-state index contributed by atoms with van der Waals surface area (Å²) >= 11 is 0. The fourth-order valence-electron chi connectivity index (χ4n) is 3.78. The molecule has 1 amide bonds. The number of anilines is 3. The summed E-state index contributed by atoms with van der Waals surface area (Å²) in [4.78, 5) is 25.0. The number of hydrogen-bond acceptors (Lipinski definition) is 3. The van der Waals surface area contributed by atoms with Crippen LogP contribution in [0.1, 0.15) is 43.8 Å². The summed E-state index contributed by atoms with van der Waals surface area (Å²) < 4.78 is 52.6. The van der Waals surface area contributed by atoms with Crippen molar-refractivity contribution in [2.45, 2.75) is 25.9 Å². The van der Waals surface area contributed by atoms with Crippen molar-refractivity contribution in [3.05, 3.63) is 88.2 Å². The molecular formula is C24H18F4N2O2. The van der Waals surface area contributed by atoms with E-state index >= 15 is 0 Å². The Morgan fingerprint density at radius 1 is 0.938 bits per heavy atom. The molecule has 0 bridgehead atoms. The van der Waals surface area contributed by atoms with Gasteiger partial charge in [-0.25, -0.2) is 4.39 Å². The summed E-state index contributed by atoms with van der Waals surface area (Å²) in [5.74, 6) is -1.14. The fraction of sp³-hybridized carbons (Fsp3) is 0.167. The average molecular weight is 442 g/mol. The van der Waals surface area contributed by atoms with E-state index in [1.54, 1.807) is 19.1 Å². The third-order valence-electron chi connectivity index (χ3n) is 5.23. The van der Waals surface area contributed by atoms with Crippen LogP contribution in [0.25, 0.3) is 0 Å². The first-order chi connectivity index (χ1) is 15.1. The van der Waals surface area contributed by atoms with Gasteiger partial charge in [0.15, 0.2) is 5.78 Å². The number of carbonyl (C=O) groups excluding carboxylic acids is 2. The molecular weight excluding hydrogens is 424 g/mol. The van der Waals surface area contributed by atoms with Crippen LogP contribution in [0.15, 0.2) is 54.6 Å². The molecule has 32 heavy (non-hydrogen) atoms. The molecule has 1 aliphatic carbocycles. The van der Waals surface area contributed by atoms with Crippen LogP contribution in [0.4, 0.5) is 34.6 Å². The van der Waals surface area contributed by atoms with Gasteiger partial charge >= 0.3 is 6.18 Å². The molecule has 0 saturated heterocycles. The Morgan fingerprint density at radius 3 is 2.31 bits per heavy atom. The number of halogens is 4. The molecule has 8 heteroatoms. The summed E-state index contributed by atoms with van der Waals surface area (Å²) in [5, 5.41) is 5.67. The van der Waals surface area contributed by atoms with Gasteiger partial charge in [-0.3, -0.25) is 9.59 Å². The molecule has 4 rings (SSSR count). The van der Waals surface area contributed by atoms with Crippen molar-refractivity contribution in [3.8, 4) is 0 Å². The van der Waals surface area contributed by atoms with Crippen molar-refractivity contribution >= 4 is 28.8 Å². The average Bonchev–Trinajstić information content (AvgIpc) is 3.11. The topological polar surface area (TPSA) is 58.2 Å². The normalized spacial score (nSPS) is 13.1. The molecule has 0 atom stereocenters. The molecule has 0 aromatic heterocycles. The van der Waals surface area contributed by atoms with Crippen LogP contribution in [0.5, 0.6) is 0 Å². The maximum atomic E-state index is 13.2. The Labute approximate surface area is 181 Å². The summed E-state index contributed by atoms with van der Waals surface area (Å²) in [6.07, 6.45) is -3.85. The van der Waals surface area contributed by atoms with Gasteiger partial charge in [0, 0.05) is 28.9 Å². The van der Waals surface area contributed by atoms with Crippen molar-refractivity contribution in [2.24, 2.45) is 0 Å². The van der Waals surface area contributed by atoms with Crippen molar-refractivity contribution in [3.63, 3.8) is 0 Å². The van der Waals surface area contributed by atoms with Crippen LogP contribution in [-0.2, 0) is 12.6 Å². The van der Waals surface area contributed by atoms with E-state index in [1.165, 1.54) is 18.2 Å². The minimum atomic E-state index is -4.48. The van der Waals surface area contributed by atoms with Crippen LogP contribution in [0.2, 0.25) is 0 Å². The zero-order valence-corrected chi connectivity index (χ0v) is 16.9. The fourth-order valence-corrected chi connectivity index (χ4v) is 3.78. The Kier molecular flexibility index (Phi) is 5.46. The molecule has 3 aromatic carbocycles. The van der Waals surface area contributed by atoms with Crippen molar-refractivity contribution in [1.29, 1.82) is 0 Å². The van der Waals surface area contributed by atoms with Gasteiger partial charge in [0.2, 0.25) is 0 Å². The number of rotatable bonds is 4. The predicted octanol–water partition coefficient (Wildman–Crippen LogP) is 6.28. The number of aryl methyl sites for hydroxylation is 1. The van der Waals surface area contributed by atoms with E-state index in [2.05, 4.69) is 10.6 Å². The first kappa shape index (κ1) is 21.5. The van der Waals surface area contributed by atoms with E-state index < -0.39 is 23.5 Å². The zero-order valence-electron chi connectivity index (χ0n) is 16.9. The number of ketones is 1. The molecule has 0 spiro atoms. The first-order valence-corrected chi connectivity index (χ1v) is 9.84. The highest BCUT2D eigenvalue weighted by molar-refractivity contribution is 6.12. The lowest BCUT2D eigenvalue weighted by atomic mass is 10.0. The van der Waals surface area contributed by atoms with Gasteiger partial charge in [0.1, 0.15) is 5.82 Å². The van der Waals surface area contributed by atoms with E-state index in [-0.39, 0.29) is 23.5 Å². The summed E-state index contributed by atoms with van der Waals surface area (Å²) in [7, 11) is 0. The van der Waals surface area contributed by atoms with Gasteiger partial charge in [-0.15, -0.1) is 0 Å². The lowest BCUT2D eigenvalue weighted by molar-refractivity contribution is -0.137. The quantitative estimate of drug-likeness (QED) is 0.468. The predicted molar refractivity (Wildman–Crippen MR) is 113 cm³/mol. The van der Waals surface area contributed by atoms with Crippen molar-refractivity contribution < 1.29 is 27.2 Å². The summed E-state index contributed by atoms with van der Waals surface area (Å²) in [6, 6.07) is 11.8. The van der Waals surface area contributed by atoms with Gasteiger partial charge in [0.25, 0.3) is 5.91 Å². The third-order valence-corrected chi connectivity index (χ3v) is 5.23. The summed E-state index contributed by atoms with van der Waals surface area (Å²) in [5.41, 5.74) is 1.92. The van der Waals surface area contributed by atoms with E-state index in [1.807, 2.05) is 0 Å². The maximum absolute atomic E-state index is 13.2. The van der Waals surface area contributed by atoms with Gasteiger partial charge in [-0.2, -0.15) is 13.2 Å². The Morgan fingerprint density at radius 2 is 1.62 bits per heavy atom. The molecule has 0 saturated carbocycles. The van der Waals surface area contributed by atoms with E-state index in [4.69, 9.17) is 0 Å². The number of fused-ring (bicyclic) bond motifs is 1. The second kappa shape index (κ2) is 8.11. The summed E-state index contributed by atoms with van der Waals surface area (Å²) in [6.45, 7) is 1.57. The standard InChI is InChI=1S/C24H18F4N2O2/c1-13-10-15(24(26,27)28)12-17(11-13)29-19-7-8-20(22-18(19)6-9-21(22)31)30-23(32)14-2-4-16(25)5-3-14/h2-5,7-8,10-12,29H,6,9H2,1H3,(H,30,32). The van der Waals surface area contributed by atoms with E-state index in [9.17, 15) is 27.2 Å². The molecule has 0 heterocycles. The molecule has 0 radical (unpaired) electrons. The number of benzene rings is 3. The zero-order chi connectivity index (χ0) is 23.0. The number of carbonyl (C=O) groups is 2. The third kappa shape index (κ3) is 4.34. The molecule has 2 N–H and O–H groups in total. The lowest BCUT2D eigenvalue weighted by Crippen LogP contribution is -2.14. The van der Waals surface area contributed by atoms with E-state index in [0.29, 0.717) is 34.5 Å². The Bertz CT molecular complexity index is 1220. The van der Waals surface area contributed by atoms with Crippen molar-refractivity contribution in [1.82, 2.24) is 0 Å². The van der Waals surface area contributed by atoms with Gasteiger partial charge in [-0.05, 0) is 79.1 Å². The molecule has 164 valence electrons. The van der Waals surface area contributed by atoms with Crippen molar-refractivity contribution in [2.75, 3.05) is 10.6 Å². The lowest BCUT2D eigenvalue weighted by Gasteiger charge is -2.16. The second-order valence-electron chi connectivity index (χ2n) is 7.61. The number of amides is 1. The molecule has 0 aliphatic heterocycles.